The Bertz CT molecular complexity index is 227. The molecule has 1 saturated carbocycles. The molecule has 2 nitrogen and oxygen atoms in total. The SMILES string of the molecule is CCC1N=C2CCCC2=CN1CC. The quantitative estimate of drug-likeness (QED) is 0.634. The Hall–Kier alpha value is -0.790. The van der Waals surface area contributed by atoms with E-state index in [2.05, 4.69) is 24.9 Å². The van der Waals surface area contributed by atoms with Gasteiger partial charge in [-0.15, -0.1) is 0 Å². The van der Waals surface area contributed by atoms with E-state index in [1.807, 2.05) is 0 Å². The molecule has 1 fully saturated rings. The molecule has 72 valence electrons. The minimum atomic E-state index is 0.418. The van der Waals surface area contributed by atoms with E-state index in [1.54, 1.807) is 0 Å². The van der Waals surface area contributed by atoms with Crippen LogP contribution in [0.2, 0.25) is 0 Å². The summed E-state index contributed by atoms with van der Waals surface area (Å²) in [6, 6.07) is 0. The zero-order chi connectivity index (χ0) is 9.26. The molecular formula is C11H18N2. The molecule has 0 bridgehead atoms. The van der Waals surface area contributed by atoms with Gasteiger partial charge >= 0.3 is 0 Å². The van der Waals surface area contributed by atoms with Crippen LogP contribution in [0.3, 0.4) is 0 Å². The van der Waals surface area contributed by atoms with Gasteiger partial charge in [0, 0.05) is 18.5 Å². The lowest BCUT2D eigenvalue weighted by atomic mass is 10.1. The van der Waals surface area contributed by atoms with Crippen molar-refractivity contribution in [3.05, 3.63) is 11.8 Å². The normalized spacial score (nSPS) is 26.9. The van der Waals surface area contributed by atoms with Crippen molar-refractivity contribution in [1.29, 1.82) is 0 Å². The predicted molar refractivity (Wildman–Crippen MR) is 55.8 cm³/mol. The van der Waals surface area contributed by atoms with Crippen LogP contribution in [-0.2, 0) is 0 Å². The summed E-state index contributed by atoms with van der Waals surface area (Å²) in [6.07, 6.45) is 7.64. The molecule has 2 rings (SSSR count). The van der Waals surface area contributed by atoms with Gasteiger partial charge in [0.15, 0.2) is 0 Å². The molecule has 2 aliphatic rings. The van der Waals surface area contributed by atoms with Crippen LogP contribution in [0, 0.1) is 0 Å². The van der Waals surface area contributed by atoms with Crippen molar-refractivity contribution in [3.63, 3.8) is 0 Å². The van der Waals surface area contributed by atoms with Gasteiger partial charge in [0.2, 0.25) is 0 Å². The van der Waals surface area contributed by atoms with Crippen molar-refractivity contribution in [2.24, 2.45) is 4.99 Å². The Morgan fingerprint density at radius 2 is 2.31 bits per heavy atom. The van der Waals surface area contributed by atoms with Crippen molar-refractivity contribution < 1.29 is 0 Å². The smallest absolute Gasteiger partial charge is 0.120 e. The van der Waals surface area contributed by atoms with Crippen molar-refractivity contribution in [2.75, 3.05) is 6.54 Å². The number of aliphatic imine (C=N–C) groups is 1. The van der Waals surface area contributed by atoms with Crippen LogP contribution < -0.4 is 0 Å². The summed E-state index contributed by atoms with van der Waals surface area (Å²) < 4.78 is 0. The molecule has 13 heavy (non-hydrogen) atoms. The molecule has 0 aromatic rings. The van der Waals surface area contributed by atoms with Crippen molar-refractivity contribution in [1.82, 2.24) is 4.90 Å². The number of hydrogen-bond acceptors (Lipinski definition) is 2. The maximum Gasteiger partial charge on any atom is 0.120 e. The minimum Gasteiger partial charge on any atom is -0.356 e. The first kappa shape index (κ1) is 8.79. The molecule has 0 aromatic heterocycles. The van der Waals surface area contributed by atoms with Gasteiger partial charge in [-0.1, -0.05) is 6.92 Å². The highest BCUT2D eigenvalue weighted by atomic mass is 15.2. The van der Waals surface area contributed by atoms with Crippen LogP contribution in [-0.4, -0.2) is 23.3 Å². The average Bonchev–Trinajstić information content (AvgIpc) is 2.62. The Morgan fingerprint density at radius 1 is 1.46 bits per heavy atom. The third kappa shape index (κ3) is 1.50. The number of fused-ring (bicyclic) bond motifs is 1. The summed E-state index contributed by atoms with van der Waals surface area (Å²) >= 11 is 0. The molecule has 1 aliphatic carbocycles. The van der Waals surface area contributed by atoms with Gasteiger partial charge in [0.05, 0.1) is 0 Å². The lowest BCUT2D eigenvalue weighted by molar-refractivity contribution is 0.284. The first-order valence-corrected chi connectivity index (χ1v) is 5.38. The molecule has 1 unspecified atom stereocenters. The number of hydrogen-bond donors (Lipinski definition) is 0. The van der Waals surface area contributed by atoms with Gasteiger partial charge in [0.1, 0.15) is 6.17 Å². The second-order valence-corrected chi connectivity index (χ2v) is 3.80. The number of nitrogens with zero attached hydrogens (tertiary/aromatic N) is 2. The van der Waals surface area contributed by atoms with E-state index in [0.29, 0.717) is 6.17 Å². The molecule has 0 spiro atoms. The Kier molecular flexibility index (Phi) is 2.38. The maximum atomic E-state index is 4.79. The van der Waals surface area contributed by atoms with Gasteiger partial charge in [-0.05, 0) is 38.2 Å². The Morgan fingerprint density at radius 3 is 3.00 bits per heavy atom. The van der Waals surface area contributed by atoms with Crippen LogP contribution in [0.25, 0.3) is 0 Å². The second kappa shape index (κ2) is 3.52. The summed E-state index contributed by atoms with van der Waals surface area (Å²) in [6.45, 7) is 5.50. The lowest BCUT2D eigenvalue weighted by Crippen LogP contribution is -2.32. The van der Waals surface area contributed by atoms with Gasteiger partial charge in [-0.3, -0.25) is 4.99 Å². The van der Waals surface area contributed by atoms with Crippen molar-refractivity contribution in [2.45, 2.75) is 45.7 Å². The summed E-state index contributed by atoms with van der Waals surface area (Å²) in [5, 5.41) is 0. The fourth-order valence-electron chi connectivity index (χ4n) is 2.21. The second-order valence-electron chi connectivity index (χ2n) is 3.80. The average molecular weight is 178 g/mol. The summed E-state index contributed by atoms with van der Waals surface area (Å²) in [4.78, 5) is 7.15. The standard InChI is InChI=1S/C11H18N2/c1-3-11-12-10-7-5-6-9(10)8-13(11)4-2/h8,11H,3-7H2,1-2H3. The summed E-state index contributed by atoms with van der Waals surface area (Å²) in [7, 11) is 0. The maximum absolute atomic E-state index is 4.79. The van der Waals surface area contributed by atoms with Crippen LogP contribution in [0.5, 0.6) is 0 Å². The highest BCUT2D eigenvalue weighted by Crippen LogP contribution is 2.28. The van der Waals surface area contributed by atoms with Gasteiger partial charge in [-0.2, -0.15) is 0 Å². The van der Waals surface area contributed by atoms with E-state index >= 15 is 0 Å². The highest BCUT2D eigenvalue weighted by Gasteiger charge is 2.23. The van der Waals surface area contributed by atoms with Crippen LogP contribution >= 0.6 is 0 Å². The molecule has 0 radical (unpaired) electrons. The highest BCUT2D eigenvalue weighted by molar-refractivity contribution is 6.02. The zero-order valence-electron chi connectivity index (χ0n) is 8.58. The fourth-order valence-corrected chi connectivity index (χ4v) is 2.21. The Labute approximate surface area is 80.3 Å². The van der Waals surface area contributed by atoms with Gasteiger partial charge in [0.25, 0.3) is 0 Å². The molecule has 2 heteroatoms. The first-order valence-electron chi connectivity index (χ1n) is 5.38. The molecule has 0 saturated heterocycles. The molecule has 1 heterocycles. The fraction of sp³-hybridized carbons (Fsp3) is 0.727. The topological polar surface area (TPSA) is 15.6 Å². The third-order valence-corrected chi connectivity index (χ3v) is 2.97. The molecule has 0 amide bonds. The van der Waals surface area contributed by atoms with Crippen LogP contribution in [0.15, 0.2) is 16.8 Å². The summed E-state index contributed by atoms with van der Waals surface area (Å²) in [5.74, 6) is 0. The monoisotopic (exact) mass is 178 g/mol. The predicted octanol–water partition coefficient (Wildman–Crippen LogP) is 2.57. The summed E-state index contributed by atoms with van der Waals surface area (Å²) in [5.41, 5.74) is 2.88. The largest absolute Gasteiger partial charge is 0.356 e. The zero-order valence-corrected chi connectivity index (χ0v) is 8.58. The van der Waals surface area contributed by atoms with E-state index in [0.717, 1.165) is 13.0 Å². The number of allylic oxidation sites excluding steroid dienone is 1. The third-order valence-electron chi connectivity index (χ3n) is 2.97. The minimum absolute atomic E-state index is 0.418. The van der Waals surface area contributed by atoms with Gasteiger partial charge < -0.3 is 4.90 Å². The van der Waals surface area contributed by atoms with E-state index in [9.17, 15) is 0 Å². The number of rotatable bonds is 2. The van der Waals surface area contributed by atoms with Gasteiger partial charge in [-0.25, -0.2) is 0 Å². The molecule has 1 aliphatic heterocycles. The molecule has 1 atom stereocenters. The van der Waals surface area contributed by atoms with E-state index in [1.165, 1.54) is 30.5 Å². The van der Waals surface area contributed by atoms with Crippen molar-refractivity contribution >= 4 is 5.71 Å². The molecule has 0 N–H and O–H groups in total. The van der Waals surface area contributed by atoms with E-state index in [-0.39, 0.29) is 0 Å². The lowest BCUT2D eigenvalue weighted by Gasteiger charge is -2.30. The van der Waals surface area contributed by atoms with E-state index < -0.39 is 0 Å². The van der Waals surface area contributed by atoms with Crippen LogP contribution in [0.1, 0.15) is 39.5 Å². The van der Waals surface area contributed by atoms with Crippen LogP contribution in [0.4, 0.5) is 0 Å². The Balaban J connectivity index is 2.21. The van der Waals surface area contributed by atoms with E-state index in [4.69, 9.17) is 4.99 Å². The molecule has 0 aromatic carbocycles. The molecular weight excluding hydrogens is 160 g/mol. The van der Waals surface area contributed by atoms with Crippen molar-refractivity contribution in [3.8, 4) is 0 Å². The first-order chi connectivity index (χ1) is 6.35.